The summed E-state index contributed by atoms with van der Waals surface area (Å²) in [7, 11) is 1.94. The highest BCUT2D eigenvalue weighted by molar-refractivity contribution is 5.81. The number of carbonyl (C=O) groups excluding carboxylic acids is 1. The maximum absolute atomic E-state index is 12.5. The van der Waals surface area contributed by atoms with Gasteiger partial charge in [-0.15, -0.1) is 0 Å². The Morgan fingerprint density at radius 1 is 1.35 bits per heavy atom. The summed E-state index contributed by atoms with van der Waals surface area (Å²) in [6.45, 7) is 6.10. The van der Waals surface area contributed by atoms with Gasteiger partial charge in [-0.05, 0) is 26.5 Å². The number of aromatic nitrogens is 2. The van der Waals surface area contributed by atoms with Crippen LogP contribution in [0.3, 0.4) is 0 Å². The van der Waals surface area contributed by atoms with Crippen molar-refractivity contribution in [2.24, 2.45) is 11.3 Å². The number of likely N-dealkylation sites (tertiary alicyclic amines) is 2. The first-order valence-corrected chi connectivity index (χ1v) is 8.03. The van der Waals surface area contributed by atoms with E-state index in [9.17, 15) is 14.7 Å². The molecule has 1 aromatic rings. The maximum atomic E-state index is 12.5. The van der Waals surface area contributed by atoms with E-state index in [1.54, 1.807) is 4.90 Å². The average Bonchev–Trinajstić information content (AvgIpc) is 3.09. The molecule has 0 bridgehead atoms. The number of carboxylic acids is 1. The number of aryl methyl sites for hydroxylation is 2. The number of fused-ring (bicyclic) bond motifs is 1. The minimum atomic E-state index is -0.788. The molecule has 0 spiro atoms. The molecule has 1 aromatic heterocycles. The first-order valence-electron chi connectivity index (χ1n) is 8.03. The second kappa shape index (κ2) is 5.63. The summed E-state index contributed by atoms with van der Waals surface area (Å²) in [5.41, 5.74) is 2.25. The van der Waals surface area contributed by atoms with E-state index in [2.05, 4.69) is 15.1 Å². The molecule has 0 aromatic carbocycles. The lowest BCUT2D eigenvalue weighted by atomic mass is 9.81. The Kier molecular flexibility index (Phi) is 3.91. The quantitative estimate of drug-likeness (QED) is 0.840. The zero-order chi connectivity index (χ0) is 16.8. The molecule has 0 radical (unpaired) electrons. The highest BCUT2D eigenvalue weighted by Crippen LogP contribution is 2.42. The van der Waals surface area contributed by atoms with E-state index in [-0.39, 0.29) is 11.8 Å². The molecule has 23 heavy (non-hydrogen) atoms. The lowest BCUT2D eigenvalue weighted by Gasteiger charge is -2.24. The van der Waals surface area contributed by atoms with Crippen molar-refractivity contribution in [3.63, 3.8) is 0 Å². The van der Waals surface area contributed by atoms with Crippen LogP contribution in [0.5, 0.6) is 0 Å². The van der Waals surface area contributed by atoms with Gasteiger partial charge in [-0.3, -0.25) is 14.7 Å². The van der Waals surface area contributed by atoms with Crippen molar-refractivity contribution in [3.05, 3.63) is 17.0 Å². The van der Waals surface area contributed by atoms with Gasteiger partial charge in [0.2, 0.25) is 5.91 Å². The largest absolute Gasteiger partial charge is 0.481 e. The molecule has 2 aliphatic rings. The third-order valence-corrected chi connectivity index (χ3v) is 5.49. The van der Waals surface area contributed by atoms with Crippen molar-refractivity contribution in [2.45, 2.75) is 26.7 Å². The lowest BCUT2D eigenvalue weighted by molar-refractivity contribution is -0.149. The van der Waals surface area contributed by atoms with E-state index in [0.717, 1.165) is 23.5 Å². The molecule has 126 valence electrons. The van der Waals surface area contributed by atoms with Gasteiger partial charge in [0.15, 0.2) is 0 Å². The Labute approximate surface area is 135 Å². The molecular formula is C16H24N4O3. The lowest BCUT2D eigenvalue weighted by Crippen LogP contribution is -2.41. The standard InChI is InChI=1S/C16H24N4O3/c1-10-11(2)17-18-13(10)4-5-14(21)20-7-12-6-19(3)8-16(12,9-20)15(22)23/h12H,4-9H2,1-3H3,(H,17,18)(H,22,23)/t12-,16-/m1/s1. The van der Waals surface area contributed by atoms with Gasteiger partial charge in [0.25, 0.3) is 0 Å². The fraction of sp³-hybridized carbons (Fsp3) is 0.688. The highest BCUT2D eigenvalue weighted by atomic mass is 16.4. The average molecular weight is 320 g/mol. The third kappa shape index (κ3) is 2.63. The molecule has 2 N–H and O–H groups in total. The zero-order valence-electron chi connectivity index (χ0n) is 13.9. The zero-order valence-corrected chi connectivity index (χ0v) is 13.9. The van der Waals surface area contributed by atoms with Gasteiger partial charge in [0.1, 0.15) is 5.41 Å². The van der Waals surface area contributed by atoms with Crippen LogP contribution in [0, 0.1) is 25.2 Å². The maximum Gasteiger partial charge on any atom is 0.313 e. The summed E-state index contributed by atoms with van der Waals surface area (Å²) in [5, 5.41) is 16.8. The molecule has 2 fully saturated rings. The highest BCUT2D eigenvalue weighted by Gasteiger charge is 2.57. The Morgan fingerprint density at radius 3 is 2.65 bits per heavy atom. The van der Waals surface area contributed by atoms with E-state index >= 15 is 0 Å². The van der Waals surface area contributed by atoms with Crippen LogP contribution in [0.2, 0.25) is 0 Å². The Morgan fingerprint density at radius 2 is 2.09 bits per heavy atom. The van der Waals surface area contributed by atoms with Crippen LogP contribution in [0.4, 0.5) is 0 Å². The molecule has 7 nitrogen and oxygen atoms in total. The fourth-order valence-corrected chi connectivity index (χ4v) is 3.97. The van der Waals surface area contributed by atoms with Gasteiger partial charge in [-0.2, -0.15) is 5.10 Å². The predicted molar refractivity (Wildman–Crippen MR) is 84.0 cm³/mol. The van der Waals surface area contributed by atoms with Crippen LogP contribution >= 0.6 is 0 Å². The van der Waals surface area contributed by atoms with Crippen LogP contribution in [-0.2, 0) is 16.0 Å². The summed E-state index contributed by atoms with van der Waals surface area (Å²) in [6, 6.07) is 0. The summed E-state index contributed by atoms with van der Waals surface area (Å²) >= 11 is 0. The normalized spacial score (nSPS) is 27.4. The van der Waals surface area contributed by atoms with Crippen LogP contribution in [0.15, 0.2) is 0 Å². The van der Waals surface area contributed by atoms with Crippen molar-refractivity contribution in [3.8, 4) is 0 Å². The van der Waals surface area contributed by atoms with E-state index in [4.69, 9.17) is 0 Å². The molecule has 0 aliphatic carbocycles. The molecule has 1 amide bonds. The molecule has 3 rings (SSSR count). The SMILES string of the molecule is Cc1[nH]nc(CCC(=O)N2C[C@H]3CN(C)C[C@@]3(C(=O)O)C2)c1C. The number of hydrogen-bond donors (Lipinski definition) is 2. The summed E-state index contributed by atoms with van der Waals surface area (Å²) in [4.78, 5) is 28.1. The van der Waals surface area contributed by atoms with E-state index in [1.165, 1.54) is 0 Å². The first kappa shape index (κ1) is 16.0. The number of aromatic amines is 1. The number of nitrogens with zero attached hydrogens (tertiary/aromatic N) is 3. The number of amides is 1. The van der Waals surface area contributed by atoms with E-state index < -0.39 is 11.4 Å². The molecule has 2 atom stereocenters. The number of nitrogens with one attached hydrogen (secondary N) is 1. The number of H-pyrrole nitrogens is 1. The summed E-state index contributed by atoms with van der Waals surface area (Å²) < 4.78 is 0. The van der Waals surface area contributed by atoms with Crippen LogP contribution in [0.1, 0.15) is 23.4 Å². The number of rotatable bonds is 4. The first-order chi connectivity index (χ1) is 10.8. The van der Waals surface area contributed by atoms with Crippen molar-refractivity contribution in [2.75, 3.05) is 33.2 Å². The van der Waals surface area contributed by atoms with E-state index in [1.807, 2.05) is 20.9 Å². The summed E-state index contributed by atoms with van der Waals surface area (Å²) in [6.07, 6.45) is 0.972. The Hall–Kier alpha value is -1.89. The predicted octanol–water partition coefficient (Wildman–Crippen LogP) is 0.434. The van der Waals surface area contributed by atoms with Gasteiger partial charge in [-0.1, -0.05) is 0 Å². The molecule has 0 unspecified atom stereocenters. The smallest absolute Gasteiger partial charge is 0.313 e. The van der Waals surface area contributed by atoms with Crippen LogP contribution < -0.4 is 0 Å². The number of carbonyl (C=O) groups is 2. The molecule has 2 saturated heterocycles. The molecule has 7 heteroatoms. The Bertz CT molecular complexity index is 641. The molecule has 0 saturated carbocycles. The molecular weight excluding hydrogens is 296 g/mol. The van der Waals surface area contributed by atoms with Crippen molar-refractivity contribution < 1.29 is 14.7 Å². The molecule has 3 heterocycles. The Balaban J connectivity index is 1.64. The third-order valence-electron chi connectivity index (χ3n) is 5.49. The number of carboxylic acid groups (broad SMARTS) is 1. The van der Waals surface area contributed by atoms with Gasteiger partial charge in [0.05, 0.1) is 5.69 Å². The van der Waals surface area contributed by atoms with Crippen molar-refractivity contribution in [1.82, 2.24) is 20.0 Å². The van der Waals surface area contributed by atoms with Crippen LogP contribution in [-0.4, -0.2) is 70.2 Å². The monoisotopic (exact) mass is 320 g/mol. The summed E-state index contributed by atoms with van der Waals surface area (Å²) in [5.74, 6) is -0.716. The van der Waals surface area contributed by atoms with Crippen molar-refractivity contribution >= 4 is 11.9 Å². The minimum absolute atomic E-state index is 0.0303. The van der Waals surface area contributed by atoms with Crippen LogP contribution in [0.25, 0.3) is 0 Å². The second-order valence-corrected chi connectivity index (χ2v) is 7.05. The van der Waals surface area contributed by atoms with Gasteiger partial charge in [-0.25, -0.2) is 0 Å². The van der Waals surface area contributed by atoms with E-state index in [0.29, 0.717) is 32.5 Å². The van der Waals surface area contributed by atoms with Crippen molar-refractivity contribution in [1.29, 1.82) is 0 Å². The van der Waals surface area contributed by atoms with Gasteiger partial charge >= 0.3 is 5.97 Å². The molecule has 2 aliphatic heterocycles. The van der Waals surface area contributed by atoms with Gasteiger partial charge < -0.3 is 14.9 Å². The number of aliphatic carboxylic acids is 1. The minimum Gasteiger partial charge on any atom is -0.481 e. The number of hydrogen-bond acceptors (Lipinski definition) is 4. The van der Waals surface area contributed by atoms with Gasteiger partial charge in [0, 0.05) is 50.6 Å². The topological polar surface area (TPSA) is 89.5 Å². The second-order valence-electron chi connectivity index (χ2n) is 7.05. The fourth-order valence-electron chi connectivity index (χ4n) is 3.97.